The number of pyridine rings is 1. The first-order valence-corrected chi connectivity index (χ1v) is 12.2. The maximum Gasteiger partial charge on any atom is 0.250 e. The lowest BCUT2D eigenvalue weighted by atomic mass is 9.96. The summed E-state index contributed by atoms with van der Waals surface area (Å²) in [5, 5.41) is 9.58. The molecule has 0 bridgehead atoms. The van der Waals surface area contributed by atoms with E-state index in [4.69, 9.17) is 14.6 Å². The van der Waals surface area contributed by atoms with Crippen LogP contribution in [0.15, 0.2) is 24.7 Å². The zero-order chi connectivity index (χ0) is 23.7. The van der Waals surface area contributed by atoms with E-state index >= 15 is 0 Å². The Balaban J connectivity index is 1.41. The molecule has 1 fully saturated rings. The van der Waals surface area contributed by atoms with Crippen molar-refractivity contribution in [3.8, 4) is 22.8 Å². The Morgan fingerprint density at radius 2 is 1.97 bits per heavy atom. The average Bonchev–Trinajstić information content (AvgIpc) is 3.36. The fourth-order valence-electron chi connectivity index (χ4n) is 5.08. The molecule has 0 amide bonds. The van der Waals surface area contributed by atoms with Crippen molar-refractivity contribution in [1.82, 2.24) is 29.4 Å². The molecule has 0 atom stereocenters. The van der Waals surface area contributed by atoms with Crippen molar-refractivity contribution >= 4 is 0 Å². The Kier molecular flexibility index (Phi) is 6.65. The van der Waals surface area contributed by atoms with Crippen LogP contribution in [0.4, 0.5) is 4.39 Å². The Labute approximate surface area is 199 Å². The van der Waals surface area contributed by atoms with Crippen molar-refractivity contribution < 1.29 is 13.9 Å². The third-order valence-corrected chi connectivity index (χ3v) is 7.03. The normalized spacial score (nSPS) is 17.7. The number of aromatic nitrogens is 5. The summed E-state index contributed by atoms with van der Waals surface area (Å²) < 4.78 is 29.0. The Morgan fingerprint density at radius 3 is 2.71 bits per heavy atom. The second-order valence-electron chi connectivity index (χ2n) is 9.51. The summed E-state index contributed by atoms with van der Waals surface area (Å²) in [4.78, 5) is 6.65. The maximum absolute atomic E-state index is 14.4. The van der Waals surface area contributed by atoms with E-state index in [0.29, 0.717) is 37.3 Å². The largest absolute Gasteiger partial charge is 0.479 e. The summed E-state index contributed by atoms with van der Waals surface area (Å²) in [5.41, 5.74) is 4.62. The highest BCUT2D eigenvalue weighted by Gasteiger charge is 2.25. The lowest BCUT2D eigenvalue weighted by Crippen LogP contribution is -2.39. The number of piperidine rings is 1. The summed E-state index contributed by atoms with van der Waals surface area (Å²) in [7, 11) is 1.41. The molecule has 0 spiro atoms. The summed E-state index contributed by atoms with van der Waals surface area (Å²) in [6.07, 6.45) is 9.45. The molecular formula is C25H33FN6O2. The van der Waals surface area contributed by atoms with E-state index in [0.717, 1.165) is 48.6 Å². The van der Waals surface area contributed by atoms with Crippen molar-refractivity contribution in [3.63, 3.8) is 0 Å². The fourth-order valence-corrected chi connectivity index (χ4v) is 5.08. The first kappa shape index (κ1) is 23.0. The topological polar surface area (TPSA) is 70.2 Å². The van der Waals surface area contributed by atoms with Crippen LogP contribution < -0.4 is 4.74 Å². The number of halogens is 1. The Hall–Kier alpha value is -2.78. The minimum atomic E-state index is -0.507. The minimum Gasteiger partial charge on any atom is -0.479 e. The summed E-state index contributed by atoms with van der Waals surface area (Å²) >= 11 is 0. The molecule has 1 saturated heterocycles. The van der Waals surface area contributed by atoms with Gasteiger partial charge >= 0.3 is 0 Å². The van der Waals surface area contributed by atoms with E-state index in [-0.39, 0.29) is 5.88 Å². The smallest absolute Gasteiger partial charge is 0.250 e. The molecular weight excluding hydrogens is 435 g/mol. The van der Waals surface area contributed by atoms with Gasteiger partial charge in [-0.2, -0.15) is 10.2 Å². The maximum atomic E-state index is 14.4. The predicted octanol–water partition coefficient (Wildman–Crippen LogP) is 3.51. The number of nitrogens with zero attached hydrogens (tertiary/aromatic N) is 6. The molecule has 5 heterocycles. The second kappa shape index (κ2) is 9.84. The number of ether oxygens (including phenoxy) is 2. The molecule has 9 heteroatoms. The van der Waals surface area contributed by atoms with Crippen LogP contribution in [-0.2, 0) is 24.1 Å². The van der Waals surface area contributed by atoms with Crippen LogP contribution >= 0.6 is 0 Å². The molecule has 3 aromatic heterocycles. The number of methoxy groups -OCH3 is 1. The molecule has 34 heavy (non-hydrogen) atoms. The van der Waals surface area contributed by atoms with Gasteiger partial charge in [0.1, 0.15) is 0 Å². The molecule has 5 rings (SSSR count). The molecule has 8 nitrogen and oxygen atoms in total. The lowest BCUT2D eigenvalue weighted by molar-refractivity contribution is 0.140. The molecule has 0 aliphatic carbocycles. The van der Waals surface area contributed by atoms with Gasteiger partial charge in [0.25, 0.3) is 0 Å². The zero-order valence-corrected chi connectivity index (χ0v) is 20.2. The van der Waals surface area contributed by atoms with E-state index in [2.05, 4.69) is 39.7 Å². The molecule has 0 N–H and O–H groups in total. The van der Waals surface area contributed by atoms with Crippen molar-refractivity contribution in [2.45, 2.75) is 52.1 Å². The van der Waals surface area contributed by atoms with Crippen LogP contribution in [0.2, 0.25) is 0 Å². The second-order valence-corrected chi connectivity index (χ2v) is 9.51. The highest BCUT2D eigenvalue weighted by Crippen LogP contribution is 2.31. The van der Waals surface area contributed by atoms with Crippen molar-refractivity contribution in [1.29, 1.82) is 0 Å². The van der Waals surface area contributed by atoms with Gasteiger partial charge in [-0.1, -0.05) is 0 Å². The van der Waals surface area contributed by atoms with Gasteiger partial charge in [-0.15, -0.1) is 0 Å². The third kappa shape index (κ3) is 4.59. The molecule has 2 aliphatic rings. The average molecular weight is 469 g/mol. The minimum absolute atomic E-state index is 0.0222. The predicted molar refractivity (Wildman–Crippen MR) is 127 cm³/mol. The van der Waals surface area contributed by atoms with E-state index in [1.807, 2.05) is 6.20 Å². The standard InChI is InChI=1S/C25H33FN6O2/c1-17(2)30-8-4-18(5-9-30)15-31-16-19(13-28-31)24-21-6-10-34-11-7-23(21)32(29-24)20-12-22(26)25(33-3)27-14-20/h12-14,16-18H,4-11,15H2,1-3H3. The fraction of sp³-hybridized carbons (Fsp3) is 0.560. The molecule has 0 unspecified atom stereocenters. The van der Waals surface area contributed by atoms with Crippen LogP contribution in [0, 0.1) is 11.7 Å². The summed E-state index contributed by atoms with van der Waals surface area (Å²) in [6, 6.07) is 2.03. The number of rotatable bonds is 6. The van der Waals surface area contributed by atoms with Crippen molar-refractivity contribution in [2.75, 3.05) is 33.4 Å². The molecule has 0 radical (unpaired) electrons. The molecule has 182 valence electrons. The highest BCUT2D eigenvalue weighted by atomic mass is 19.1. The van der Waals surface area contributed by atoms with Crippen molar-refractivity contribution in [2.24, 2.45) is 5.92 Å². The Morgan fingerprint density at radius 1 is 1.18 bits per heavy atom. The third-order valence-electron chi connectivity index (χ3n) is 7.03. The van der Waals surface area contributed by atoms with E-state index in [1.165, 1.54) is 26.0 Å². The van der Waals surface area contributed by atoms with Gasteiger partial charge in [0.2, 0.25) is 5.88 Å². The molecule has 0 aromatic carbocycles. The Bertz CT molecular complexity index is 1130. The highest BCUT2D eigenvalue weighted by molar-refractivity contribution is 5.64. The van der Waals surface area contributed by atoms with Gasteiger partial charge in [0.05, 0.1) is 49.8 Å². The van der Waals surface area contributed by atoms with E-state index in [1.54, 1.807) is 10.9 Å². The molecule has 0 saturated carbocycles. The quantitative estimate of drug-likeness (QED) is 0.551. The van der Waals surface area contributed by atoms with E-state index < -0.39 is 5.82 Å². The van der Waals surface area contributed by atoms with Gasteiger partial charge in [-0.3, -0.25) is 4.68 Å². The van der Waals surface area contributed by atoms with Crippen LogP contribution in [0.5, 0.6) is 5.88 Å². The van der Waals surface area contributed by atoms with Gasteiger partial charge in [-0.05, 0) is 52.1 Å². The SMILES string of the molecule is COc1ncc(-n2nc(-c3cnn(CC4CCN(C(C)C)CC4)c3)c3c2CCOCC3)cc1F. The van der Waals surface area contributed by atoms with Crippen LogP contribution in [0.1, 0.15) is 37.9 Å². The van der Waals surface area contributed by atoms with Gasteiger partial charge in [0.15, 0.2) is 5.82 Å². The number of hydrogen-bond donors (Lipinski definition) is 0. The summed E-state index contributed by atoms with van der Waals surface area (Å²) in [5.74, 6) is 0.109. The van der Waals surface area contributed by atoms with E-state index in [9.17, 15) is 4.39 Å². The van der Waals surface area contributed by atoms with Crippen LogP contribution in [0.25, 0.3) is 16.9 Å². The summed E-state index contributed by atoms with van der Waals surface area (Å²) in [6.45, 7) is 9.02. The number of hydrogen-bond acceptors (Lipinski definition) is 6. The number of likely N-dealkylation sites (tertiary alicyclic amines) is 1. The van der Waals surface area contributed by atoms with Crippen molar-refractivity contribution in [3.05, 3.63) is 41.7 Å². The first-order chi connectivity index (χ1) is 16.5. The van der Waals surface area contributed by atoms with Gasteiger partial charge in [0, 0.05) is 42.4 Å². The van der Waals surface area contributed by atoms with Gasteiger partial charge in [-0.25, -0.2) is 14.1 Å². The number of fused-ring (bicyclic) bond motifs is 1. The molecule has 2 aliphatic heterocycles. The van der Waals surface area contributed by atoms with Crippen LogP contribution in [-0.4, -0.2) is 68.9 Å². The molecule has 3 aromatic rings. The zero-order valence-electron chi connectivity index (χ0n) is 20.2. The monoisotopic (exact) mass is 468 g/mol. The first-order valence-electron chi connectivity index (χ1n) is 12.2. The van der Waals surface area contributed by atoms with Crippen LogP contribution in [0.3, 0.4) is 0 Å². The van der Waals surface area contributed by atoms with Gasteiger partial charge < -0.3 is 14.4 Å². The lowest BCUT2D eigenvalue weighted by Gasteiger charge is -2.34.